The average molecular weight is 493 g/mol. The van der Waals surface area contributed by atoms with Crippen LogP contribution in [0.2, 0.25) is 0 Å². The predicted octanol–water partition coefficient (Wildman–Crippen LogP) is 5.99. The number of halogens is 2. The summed E-state index contributed by atoms with van der Waals surface area (Å²) in [5, 5.41) is 0. The van der Waals surface area contributed by atoms with Gasteiger partial charge < -0.3 is 18.6 Å². The van der Waals surface area contributed by atoms with Gasteiger partial charge in [0.05, 0.1) is 23.9 Å². The van der Waals surface area contributed by atoms with E-state index in [1.54, 1.807) is 54.6 Å². The molecule has 0 N–H and O–H groups in total. The van der Waals surface area contributed by atoms with Gasteiger partial charge in [-0.05, 0) is 42.5 Å². The third-order valence-corrected chi connectivity index (χ3v) is 5.19. The van der Waals surface area contributed by atoms with Crippen molar-refractivity contribution in [3.63, 3.8) is 0 Å². The number of carbonyl (C=O) groups is 2. The molecule has 0 bridgehead atoms. The second-order valence-electron chi connectivity index (χ2n) is 7.56. The van der Waals surface area contributed by atoms with Crippen molar-refractivity contribution >= 4 is 11.8 Å². The number of rotatable bonds is 10. The molecule has 0 aliphatic heterocycles. The summed E-state index contributed by atoms with van der Waals surface area (Å²) in [5.41, 5.74) is 1.47. The van der Waals surface area contributed by atoms with Crippen LogP contribution in [0.4, 0.5) is 8.78 Å². The number of carbonyl (C=O) groups excluding carboxylic acids is 2. The molecular weight excluding hydrogens is 472 g/mol. The highest BCUT2D eigenvalue weighted by atomic mass is 19.3. The fourth-order valence-corrected chi connectivity index (χ4v) is 3.45. The van der Waals surface area contributed by atoms with E-state index in [9.17, 15) is 18.4 Å². The van der Waals surface area contributed by atoms with E-state index in [4.69, 9.17) is 13.9 Å². The van der Waals surface area contributed by atoms with Gasteiger partial charge in [-0.3, -0.25) is 4.79 Å². The summed E-state index contributed by atoms with van der Waals surface area (Å²) in [6.45, 7) is -3.03. The molecule has 9 heteroatoms. The van der Waals surface area contributed by atoms with Gasteiger partial charge in [0.1, 0.15) is 12.0 Å². The number of esters is 1. The Hall–Kier alpha value is -4.53. The minimum absolute atomic E-state index is 0.0120. The minimum atomic E-state index is -3.03. The molecular formula is C27H21F2NO6. The third kappa shape index (κ3) is 5.93. The molecule has 0 aliphatic rings. The molecule has 184 valence electrons. The molecule has 0 unspecified atom stereocenters. The van der Waals surface area contributed by atoms with Crippen molar-refractivity contribution < 1.29 is 37.0 Å². The molecule has 0 aliphatic carbocycles. The minimum Gasteiger partial charge on any atom is -0.493 e. The van der Waals surface area contributed by atoms with Gasteiger partial charge >= 0.3 is 12.6 Å². The Morgan fingerprint density at radius 1 is 0.944 bits per heavy atom. The number of alkyl halides is 2. The highest BCUT2D eigenvalue weighted by Gasteiger charge is 2.18. The number of benzene rings is 3. The first-order chi connectivity index (χ1) is 17.4. The molecule has 0 amide bonds. The number of aromatic nitrogens is 1. The first-order valence-electron chi connectivity index (χ1n) is 10.9. The van der Waals surface area contributed by atoms with E-state index in [-0.39, 0.29) is 41.6 Å². The number of nitrogens with zero attached hydrogens (tertiary/aromatic N) is 1. The van der Waals surface area contributed by atoms with Gasteiger partial charge in [-0.15, -0.1) is 0 Å². The number of para-hydroxylation sites is 1. The van der Waals surface area contributed by atoms with Crippen molar-refractivity contribution in [1.29, 1.82) is 0 Å². The Morgan fingerprint density at radius 2 is 1.69 bits per heavy atom. The summed E-state index contributed by atoms with van der Waals surface area (Å²) < 4.78 is 46.0. The van der Waals surface area contributed by atoms with Crippen LogP contribution in [0.15, 0.2) is 83.5 Å². The summed E-state index contributed by atoms with van der Waals surface area (Å²) in [5.74, 6) is -0.295. The molecule has 0 spiro atoms. The normalized spacial score (nSPS) is 10.8. The molecule has 0 saturated heterocycles. The van der Waals surface area contributed by atoms with E-state index in [0.29, 0.717) is 22.6 Å². The molecule has 7 nitrogen and oxygen atoms in total. The quantitative estimate of drug-likeness (QED) is 0.152. The van der Waals surface area contributed by atoms with Crippen LogP contribution in [0.25, 0.3) is 11.5 Å². The molecule has 3 aromatic carbocycles. The Kier molecular flexibility index (Phi) is 7.69. The van der Waals surface area contributed by atoms with Crippen LogP contribution in [0.5, 0.6) is 17.2 Å². The van der Waals surface area contributed by atoms with Gasteiger partial charge in [0, 0.05) is 18.4 Å². The first kappa shape index (κ1) is 24.6. The summed E-state index contributed by atoms with van der Waals surface area (Å²) in [6.07, 6.45) is 1.64. The zero-order chi connectivity index (χ0) is 25.5. The second kappa shape index (κ2) is 11.3. The lowest BCUT2D eigenvalue weighted by Crippen LogP contribution is -2.09. The molecule has 4 rings (SSSR count). The summed E-state index contributed by atoms with van der Waals surface area (Å²) in [4.78, 5) is 29.5. The molecule has 0 fully saturated rings. The van der Waals surface area contributed by atoms with Gasteiger partial charge in [-0.1, -0.05) is 30.3 Å². The van der Waals surface area contributed by atoms with E-state index >= 15 is 0 Å². The van der Waals surface area contributed by atoms with Crippen LogP contribution in [0.1, 0.15) is 32.8 Å². The first-order valence-corrected chi connectivity index (χ1v) is 10.9. The number of aryl methyl sites for hydroxylation is 1. The van der Waals surface area contributed by atoms with E-state index < -0.39 is 12.6 Å². The van der Waals surface area contributed by atoms with Gasteiger partial charge in [-0.2, -0.15) is 8.78 Å². The van der Waals surface area contributed by atoms with Crippen molar-refractivity contribution in [2.75, 3.05) is 7.11 Å². The number of ether oxygens (including phenoxy) is 3. The zero-order valence-corrected chi connectivity index (χ0v) is 19.1. The topological polar surface area (TPSA) is 87.9 Å². The maximum absolute atomic E-state index is 12.6. The van der Waals surface area contributed by atoms with Crippen LogP contribution in [0.3, 0.4) is 0 Å². The highest BCUT2D eigenvalue weighted by Crippen LogP contribution is 2.33. The predicted molar refractivity (Wildman–Crippen MR) is 126 cm³/mol. The van der Waals surface area contributed by atoms with Crippen molar-refractivity contribution in [2.45, 2.75) is 19.5 Å². The van der Waals surface area contributed by atoms with Crippen molar-refractivity contribution in [1.82, 2.24) is 4.98 Å². The summed E-state index contributed by atoms with van der Waals surface area (Å²) in [6, 6.07) is 19.2. The van der Waals surface area contributed by atoms with E-state index in [2.05, 4.69) is 9.72 Å². The van der Waals surface area contributed by atoms with Crippen molar-refractivity contribution in [3.8, 4) is 28.7 Å². The van der Waals surface area contributed by atoms with E-state index in [1.165, 1.54) is 31.6 Å². The largest absolute Gasteiger partial charge is 0.493 e. The molecule has 0 radical (unpaired) electrons. The van der Waals surface area contributed by atoms with Gasteiger partial charge in [0.25, 0.3) is 0 Å². The van der Waals surface area contributed by atoms with Crippen molar-refractivity contribution in [3.05, 3.63) is 95.9 Å². The van der Waals surface area contributed by atoms with Crippen LogP contribution < -0.4 is 14.2 Å². The van der Waals surface area contributed by atoms with Gasteiger partial charge in [0.2, 0.25) is 5.89 Å². The molecule has 36 heavy (non-hydrogen) atoms. The number of ketones is 1. The van der Waals surface area contributed by atoms with Gasteiger partial charge in [0.15, 0.2) is 17.3 Å². The SMILES string of the molecule is COc1ccc(-c2nc(CCC(=O)c3ccccc3OC(F)F)co2)cc1OC(=O)c1ccccc1. The van der Waals surface area contributed by atoms with Crippen LogP contribution in [0, 0.1) is 0 Å². The standard InChI is InChI=1S/C27H21F2NO6/c1-33-23-14-11-18(15-24(23)35-26(32)17-7-3-2-4-8-17)25-30-19(16-34-25)12-13-21(31)20-9-5-6-10-22(20)36-27(28)29/h2-11,14-16,27H,12-13H2,1H3. The number of methoxy groups -OCH3 is 1. The third-order valence-electron chi connectivity index (χ3n) is 5.19. The lowest BCUT2D eigenvalue weighted by molar-refractivity contribution is -0.0501. The summed E-state index contributed by atoms with van der Waals surface area (Å²) >= 11 is 0. The highest BCUT2D eigenvalue weighted by molar-refractivity contribution is 5.98. The summed E-state index contributed by atoms with van der Waals surface area (Å²) in [7, 11) is 1.46. The molecule has 0 atom stereocenters. The van der Waals surface area contributed by atoms with Crippen LogP contribution in [-0.2, 0) is 6.42 Å². The second-order valence-corrected chi connectivity index (χ2v) is 7.56. The Morgan fingerprint density at radius 3 is 2.44 bits per heavy atom. The number of Topliss-reactive ketones (excluding diaryl/α,β-unsaturated/α-hetero) is 1. The lowest BCUT2D eigenvalue weighted by Gasteiger charge is -2.10. The molecule has 4 aromatic rings. The van der Waals surface area contributed by atoms with Gasteiger partial charge in [-0.25, -0.2) is 9.78 Å². The number of hydrogen-bond donors (Lipinski definition) is 0. The Labute approximate surface area is 205 Å². The molecule has 1 heterocycles. The van der Waals surface area contributed by atoms with Crippen LogP contribution in [-0.4, -0.2) is 30.5 Å². The lowest BCUT2D eigenvalue weighted by atomic mass is 10.0. The fourth-order valence-electron chi connectivity index (χ4n) is 3.45. The Bertz CT molecular complexity index is 1350. The molecule has 1 aromatic heterocycles. The van der Waals surface area contributed by atoms with Crippen LogP contribution >= 0.6 is 0 Å². The number of hydrogen-bond acceptors (Lipinski definition) is 7. The monoisotopic (exact) mass is 493 g/mol. The average Bonchev–Trinajstić information content (AvgIpc) is 3.37. The van der Waals surface area contributed by atoms with E-state index in [0.717, 1.165) is 0 Å². The van der Waals surface area contributed by atoms with E-state index in [1.807, 2.05) is 0 Å². The smallest absolute Gasteiger partial charge is 0.387 e. The Balaban J connectivity index is 1.46. The maximum Gasteiger partial charge on any atom is 0.387 e. The zero-order valence-electron chi connectivity index (χ0n) is 19.1. The van der Waals surface area contributed by atoms with Crippen molar-refractivity contribution in [2.24, 2.45) is 0 Å². The maximum atomic E-state index is 12.6. The molecule has 0 saturated carbocycles. The fraction of sp³-hybridized carbons (Fsp3) is 0.148. The number of oxazole rings is 1.